The van der Waals surface area contributed by atoms with Gasteiger partial charge in [-0.15, -0.1) is 0 Å². The van der Waals surface area contributed by atoms with Gasteiger partial charge in [0.15, 0.2) is 5.75 Å². The molecule has 0 radical (unpaired) electrons. The highest BCUT2D eigenvalue weighted by Gasteiger charge is 2.18. The molecule has 92 valence electrons. The van der Waals surface area contributed by atoms with Crippen LogP contribution in [0.15, 0.2) is 18.2 Å². The Morgan fingerprint density at radius 1 is 1.59 bits per heavy atom. The molecule has 6 heteroatoms. The van der Waals surface area contributed by atoms with E-state index >= 15 is 0 Å². The summed E-state index contributed by atoms with van der Waals surface area (Å²) in [7, 11) is 1.35. The maximum Gasteiger partial charge on any atom is 0.311 e. The summed E-state index contributed by atoms with van der Waals surface area (Å²) >= 11 is 0. The van der Waals surface area contributed by atoms with Crippen molar-refractivity contribution in [2.75, 3.05) is 7.11 Å². The molecule has 1 unspecified atom stereocenters. The summed E-state index contributed by atoms with van der Waals surface area (Å²) in [5, 5.41) is 19.5. The van der Waals surface area contributed by atoms with E-state index in [-0.39, 0.29) is 17.9 Å². The summed E-state index contributed by atoms with van der Waals surface area (Å²) in [6, 6.07) is 4.45. The molecule has 0 bridgehead atoms. The molecule has 1 atom stereocenters. The van der Waals surface area contributed by atoms with E-state index in [0.717, 1.165) is 0 Å². The van der Waals surface area contributed by atoms with Gasteiger partial charge in [-0.2, -0.15) is 0 Å². The van der Waals surface area contributed by atoms with Gasteiger partial charge in [-0.05, 0) is 18.1 Å². The number of ether oxygens (including phenoxy) is 1. The Kier molecular flexibility index (Phi) is 4.03. The summed E-state index contributed by atoms with van der Waals surface area (Å²) in [6.07, 6.45) is 0.250. The zero-order valence-corrected chi connectivity index (χ0v) is 9.54. The number of rotatable bonds is 5. The number of methoxy groups -OCH3 is 1. The van der Waals surface area contributed by atoms with E-state index in [1.54, 1.807) is 13.0 Å². The summed E-state index contributed by atoms with van der Waals surface area (Å²) < 4.78 is 4.86. The number of carbonyl (C=O) groups is 1. The third-order valence-corrected chi connectivity index (χ3v) is 2.40. The van der Waals surface area contributed by atoms with Gasteiger partial charge in [-0.1, -0.05) is 13.0 Å². The van der Waals surface area contributed by atoms with Crippen LogP contribution in [-0.2, 0) is 11.2 Å². The number of nitrogens with zero attached hydrogens (tertiary/aromatic N) is 1. The highest BCUT2D eigenvalue weighted by molar-refractivity contribution is 5.70. The molecular weight excluding hydrogens is 226 g/mol. The first-order valence-electron chi connectivity index (χ1n) is 4.99. The second-order valence-corrected chi connectivity index (χ2v) is 3.71. The van der Waals surface area contributed by atoms with Gasteiger partial charge in [-0.3, -0.25) is 14.9 Å². The molecule has 0 heterocycles. The van der Waals surface area contributed by atoms with Crippen LogP contribution in [-0.4, -0.2) is 23.1 Å². The molecule has 1 rings (SSSR count). The van der Waals surface area contributed by atoms with Crippen LogP contribution >= 0.6 is 0 Å². The van der Waals surface area contributed by atoms with Crippen molar-refractivity contribution in [1.82, 2.24) is 0 Å². The molecule has 0 aliphatic heterocycles. The number of benzene rings is 1. The first kappa shape index (κ1) is 13.0. The molecule has 0 amide bonds. The largest absolute Gasteiger partial charge is 0.490 e. The van der Waals surface area contributed by atoms with Crippen molar-refractivity contribution >= 4 is 11.7 Å². The van der Waals surface area contributed by atoms with Crippen LogP contribution < -0.4 is 4.74 Å². The molecule has 17 heavy (non-hydrogen) atoms. The molecule has 0 aliphatic carbocycles. The first-order chi connectivity index (χ1) is 7.95. The van der Waals surface area contributed by atoms with Crippen molar-refractivity contribution in [3.8, 4) is 5.75 Å². The van der Waals surface area contributed by atoms with E-state index in [0.29, 0.717) is 5.56 Å². The SMILES string of the molecule is COc1ccc(CC(C)C(=O)O)cc1[N+](=O)[O-]. The van der Waals surface area contributed by atoms with Gasteiger partial charge >= 0.3 is 11.7 Å². The second-order valence-electron chi connectivity index (χ2n) is 3.71. The number of carboxylic acids is 1. The van der Waals surface area contributed by atoms with Gasteiger partial charge in [0.1, 0.15) is 0 Å². The lowest BCUT2D eigenvalue weighted by Gasteiger charge is -2.07. The molecule has 6 nitrogen and oxygen atoms in total. The van der Waals surface area contributed by atoms with E-state index in [1.807, 2.05) is 0 Å². The molecular formula is C11H13NO5. The lowest BCUT2D eigenvalue weighted by Crippen LogP contribution is -2.12. The van der Waals surface area contributed by atoms with Crippen molar-refractivity contribution < 1.29 is 19.6 Å². The van der Waals surface area contributed by atoms with Gasteiger partial charge < -0.3 is 9.84 Å². The number of nitro benzene ring substituents is 1. The van der Waals surface area contributed by atoms with E-state index < -0.39 is 16.8 Å². The topological polar surface area (TPSA) is 89.7 Å². The zero-order chi connectivity index (χ0) is 13.0. The number of nitro groups is 1. The Labute approximate surface area is 98.0 Å². The molecule has 0 spiro atoms. The van der Waals surface area contributed by atoms with Crippen LogP contribution in [0.3, 0.4) is 0 Å². The van der Waals surface area contributed by atoms with Gasteiger partial charge in [0.2, 0.25) is 0 Å². The third kappa shape index (κ3) is 3.17. The van der Waals surface area contributed by atoms with E-state index in [4.69, 9.17) is 9.84 Å². The molecule has 0 aliphatic rings. The Balaban J connectivity index is 3.00. The molecule has 0 saturated heterocycles. The van der Waals surface area contributed by atoms with Gasteiger partial charge in [0, 0.05) is 6.07 Å². The summed E-state index contributed by atoms with van der Waals surface area (Å²) in [5.74, 6) is -1.34. The normalized spacial score (nSPS) is 11.9. The quantitative estimate of drug-likeness (QED) is 0.625. The number of hydrogen-bond donors (Lipinski definition) is 1. The third-order valence-electron chi connectivity index (χ3n) is 2.40. The van der Waals surface area contributed by atoms with E-state index in [1.165, 1.54) is 19.2 Å². The Bertz CT molecular complexity index is 443. The fourth-order valence-electron chi connectivity index (χ4n) is 1.45. The highest BCUT2D eigenvalue weighted by Crippen LogP contribution is 2.28. The molecule has 0 aromatic heterocycles. The standard InChI is InChI=1S/C11H13NO5/c1-7(11(13)14)5-8-3-4-10(17-2)9(6-8)12(15)16/h3-4,6-7H,5H2,1-2H3,(H,13,14). The number of carboxylic acid groups (broad SMARTS) is 1. The summed E-state index contributed by atoms with van der Waals surface area (Å²) in [6.45, 7) is 1.55. The Morgan fingerprint density at radius 3 is 2.71 bits per heavy atom. The van der Waals surface area contributed by atoms with Crippen LogP contribution in [0.1, 0.15) is 12.5 Å². The van der Waals surface area contributed by atoms with Crippen molar-refractivity contribution in [3.05, 3.63) is 33.9 Å². The highest BCUT2D eigenvalue weighted by atomic mass is 16.6. The first-order valence-corrected chi connectivity index (χ1v) is 4.99. The van der Waals surface area contributed by atoms with Gasteiger partial charge in [-0.25, -0.2) is 0 Å². The smallest absolute Gasteiger partial charge is 0.311 e. The maximum atomic E-state index is 10.8. The van der Waals surface area contributed by atoms with Crippen LogP contribution in [0.2, 0.25) is 0 Å². The van der Waals surface area contributed by atoms with Crippen LogP contribution in [0.25, 0.3) is 0 Å². The van der Waals surface area contributed by atoms with Gasteiger partial charge in [0.05, 0.1) is 18.0 Å². The lowest BCUT2D eigenvalue weighted by atomic mass is 10.0. The fourth-order valence-corrected chi connectivity index (χ4v) is 1.45. The zero-order valence-electron chi connectivity index (χ0n) is 9.54. The molecule has 1 aromatic rings. The minimum atomic E-state index is -0.927. The minimum absolute atomic E-state index is 0.150. The van der Waals surface area contributed by atoms with Crippen molar-refractivity contribution in [1.29, 1.82) is 0 Å². The van der Waals surface area contributed by atoms with E-state index in [9.17, 15) is 14.9 Å². The minimum Gasteiger partial charge on any atom is -0.490 e. The Morgan fingerprint density at radius 2 is 2.24 bits per heavy atom. The molecule has 0 saturated carbocycles. The molecule has 1 N–H and O–H groups in total. The molecule has 1 aromatic carbocycles. The maximum absolute atomic E-state index is 10.8. The van der Waals surface area contributed by atoms with Crippen LogP contribution in [0.5, 0.6) is 5.75 Å². The average Bonchev–Trinajstić information content (AvgIpc) is 2.28. The predicted octanol–water partition coefficient (Wildman–Crippen LogP) is 1.87. The van der Waals surface area contributed by atoms with Crippen molar-refractivity contribution in [3.63, 3.8) is 0 Å². The van der Waals surface area contributed by atoms with Crippen LogP contribution in [0, 0.1) is 16.0 Å². The van der Waals surface area contributed by atoms with Gasteiger partial charge in [0.25, 0.3) is 0 Å². The van der Waals surface area contributed by atoms with Crippen molar-refractivity contribution in [2.24, 2.45) is 5.92 Å². The number of aliphatic carboxylic acids is 1. The summed E-state index contributed by atoms with van der Waals surface area (Å²) in [4.78, 5) is 20.9. The summed E-state index contributed by atoms with van der Waals surface area (Å²) in [5.41, 5.74) is 0.454. The monoisotopic (exact) mass is 239 g/mol. The van der Waals surface area contributed by atoms with Crippen molar-refractivity contribution in [2.45, 2.75) is 13.3 Å². The van der Waals surface area contributed by atoms with Crippen LogP contribution in [0.4, 0.5) is 5.69 Å². The van der Waals surface area contributed by atoms with E-state index in [2.05, 4.69) is 0 Å². The lowest BCUT2D eigenvalue weighted by molar-refractivity contribution is -0.385. The fraction of sp³-hybridized carbons (Fsp3) is 0.364. The average molecular weight is 239 g/mol. The number of hydrogen-bond acceptors (Lipinski definition) is 4. The second kappa shape index (κ2) is 5.29. The molecule has 0 fully saturated rings. The Hall–Kier alpha value is -2.11. The predicted molar refractivity (Wildman–Crippen MR) is 60.2 cm³/mol.